The van der Waals surface area contributed by atoms with Crippen molar-refractivity contribution in [2.24, 2.45) is 0 Å². The van der Waals surface area contributed by atoms with Gasteiger partial charge in [0, 0.05) is 18.1 Å². The molecule has 0 aliphatic carbocycles. The number of thioether (sulfide) groups is 1. The Morgan fingerprint density at radius 1 is 1.40 bits per heavy atom. The van der Waals surface area contributed by atoms with Crippen LogP contribution in [0.25, 0.3) is 0 Å². The van der Waals surface area contributed by atoms with E-state index >= 15 is 0 Å². The maximum atomic E-state index is 11.6. The van der Waals surface area contributed by atoms with Crippen molar-refractivity contribution in [2.75, 3.05) is 28.8 Å². The normalized spacial score (nSPS) is 11.1. The summed E-state index contributed by atoms with van der Waals surface area (Å²) in [4.78, 5) is 21.8. The van der Waals surface area contributed by atoms with Crippen molar-refractivity contribution < 1.29 is 18.1 Å². The largest absolute Gasteiger partial charge is 0.320 e. The number of para-hydroxylation sites is 2. The van der Waals surface area contributed by atoms with Gasteiger partial charge in [-0.25, -0.2) is 8.42 Å². The van der Waals surface area contributed by atoms with Crippen molar-refractivity contribution in [3.05, 3.63) is 34.4 Å². The first kappa shape index (κ1) is 16.4. The molecule has 0 unspecified atom stereocenters. The number of hydrogen-bond acceptors (Lipinski definition) is 6. The van der Waals surface area contributed by atoms with E-state index in [0.29, 0.717) is 5.75 Å². The van der Waals surface area contributed by atoms with Crippen LogP contribution < -0.4 is 5.32 Å². The van der Waals surface area contributed by atoms with Gasteiger partial charge in [-0.3, -0.25) is 14.9 Å². The topological polar surface area (TPSA) is 106 Å². The minimum atomic E-state index is -3.04. The van der Waals surface area contributed by atoms with Gasteiger partial charge < -0.3 is 5.32 Å². The molecule has 7 nitrogen and oxygen atoms in total. The number of anilines is 1. The molecule has 0 spiro atoms. The molecule has 1 aromatic carbocycles. The fourth-order valence-corrected chi connectivity index (χ4v) is 3.38. The molecule has 0 aromatic heterocycles. The van der Waals surface area contributed by atoms with Crippen LogP contribution in [0.15, 0.2) is 24.3 Å². The van der Waals surface area contributed by atoms with Crippen LogP contribution in [0.5, 0.6) is 0 Å². The van der Waals surface area contributed by atoms with Crippen LogP contribution >= 0.6 is 11.8 Å². The molecule has 0 aliphatic heterocycles. The van der Waals surface area contributed by atoms with Crippen LogP contribution in [-0.2, 0) is 14.6 Å². The highest BCUT2D eigenvalue weighted by Gasteiger charge is 2.14. The average molecular weight is 318 g/mol. The smallest absolute Gasteiger partial charge is 0.292 e. The fourth-order valence-electron chi connectivity index (χ4n) is 1.30. The molecule has 9 heteroatoms. The Kier molecular flexibility index (Phi) is 5.96. The molecular weight excluding hydrogens is 304 g/mol. The lowest BCUT2D eigenvalue weighted by Crippen LogP contribution is -2.16. The molecule has 0 radical (unpaired) electrons. The lowest BCUT2D eigenvalue weighted by molar-refractivity contribution is -0.383. The molecule has 1 N–H and O–H groups in total. The molecule has 0 fully saturated rings. The average Bonchev–Trinajstić information content (AvgIpc) is 2.34. The van der Waals surface area contributed by atoms with Crippen LogP contribution in [0.2, 0.25) is 0 Å². The van der Waals surface area contributed by atoms with Crippen molar-refractivity contribution in [3.63, 3.8) is 0 Å². The molecular formula is C11H14N2O5S2. The SMILES string of the molecule is CS(=O)(=O)CCSCC(=O)Nc1ccccc1[N+](=O)[O-]. The van der Waals surface area contributed by atoms with Crippen molar-refractivity contribution >= 4 is 38.9 Å². The zero-order chi connectivity index (χ0) is 15.2. The zero-order valence-electron chi connectivity index (χ0n) is 10.7. The van der Waals surface area contributed by atoms with Crippen LogP contribution in [0, 0.1) is 10.1 Å². The molecule has 0 saturated heterocycles. The summed E-state index contributed by atoms with van der Waals surface area (Å²) in [5.74, 6) is -0.0565. The standard InChI is InChI=1S/C11H14N2O5S2/c1-20(17,18)7-6-19-8-11(14)12-9-4-2-3-5-10(9)13(15)16/h2-5H,6-8H2,1H3,(H,12,14). The van der Waals surface area contributed by atoms with Gasteiger partial charge >= 0.3 is 0 Å². The second-order valence-electron chi connectivity index (χ2n) is 4.00. The summed E-state index contributed by atoms with van der Waals surface area (Å²) >= 11 is 1.16. The molecule has 110 valence electrons. The van der Waals surface area contributed by atoms with Crippen molar-refractivity contribution in [1.29, 1.82) is 0 Å². The van der Waals surface area contributed by atoms with Gasteiger partial charge in [-0.1, -0.05) is 12.1 Å². The van der Waals surface area contributed by atoms with E-state index in [1.165, 1.54) is 18.2 Å². The van der Waals surface area contributed by atoms with Gasteiger partial charge in [0.15, 0.2) is 0 Å². The third-order valence-corrected chi connectivity index (χ3v) is 4.37. The van der Waals surface area contributed by atoms with Crippen molar-refractivity contribution in [3.8, 4) is 0 Å². The number of nitrogens with zero attached hydrogens (tertiary/aromatic N) is 1. The Morgan fingerprint density at radius 3 is 2.65 bits per heavy atom. The summed E-state index contributed by atoms with van der Waals surface area (Å²) in [6, 6.07) is 5.83. The molecule has 0 bridgehead atoms. The number of carbonyl (C=O) groups excluding carboxylic acids is 1. The highest BCUT2D eigenvalue weighted by Crippen LogP contribution is 2.23. The highest BCUT2D eigenvalue weighted by molar-refractivity contribution is 8.01. The number of hydrogen-bond donors (Lipinski definition) is 1. The van der Waals surface area contributed by atoms with Crippen LogP contribution in [0.1, 0.15) is 0 Å². The second-order valence-corrected chi connectivity index (χ2v) is 7.37. The number of carbonyl (C=O) groups is 1. The Bertz CT molecular complexity index is 601. The summed E-state index contributed by atoms with van der Waals surface area (Å²) in [5, 5.41) is 13.2. The van der Waals surface area contributed by atoms with Gasteiger partial charge in [0.2, 0.25) is 5.91 Å². The zero-order valence-corrected chi connectivity index (χ0v) is 12.4. The number of nitrogens with one attached hydrogen (secondary N) is 1. The van der Waals surface area contributed by atoms with Gasteiger partial charge in [-0.15, -0.1) is 0 Å². The minimum absolute atomic E-state index is 0.00354. The number of nitro groups is 1. The van der Waals surface area contributed by atoms with E-state index in [2.05, 4.69) is 5.32 Å². The van der Waals surface area contributed by atoms with Crippen LogP contribution in [-0.4, -0.2) is 42.8 Å². The maximum Gasteiger partial charge on any atom is 0.292 e. The minimum Gasteiger partial charge on any atom is -0.320 e. The van der Waals surface area contributed by atoms with E-state index in [1.807, 2.05) is 0 Å². The summed E-state index contributed by atoms with van der Waals surface area (Å²) in [6.07, 6.45) is 1.13. The van der Waals surface area contributed by atoms with Gasteiger partial charge in [-0.05, 0) is 6.07 Å². The van der Waals surface area contributed by atoms with Crippen LogP contribution in [0.4, 0.5) is 11.4 Å². The predicted molar refractivity (Wildman–Crippen MR) is 78.8 cm³/mol. The number of amides is 1. The van der Waals surface area contributed by atoms with E-state index < -0.39 is 20.7 Å². The highest BCUT2D eigenvalue weighted by atomic mass is 32.2. The van der Waals surface area contributed by atoms with E-state index in [4.69, 9.17) is 0 Å². The Morgan fingerprint density at radius 2 is 2.05 bits per heavy atom. The summed E-state index contributed by atoms with van der Waals surface area (Å²) in [6.45, 7) is 0. The Hall–Kier alpha value is -1.61. The fraction of sp³-hybridized carbons (Fsp3) is 0.364. The molecule has 0 saturated carbocycles. The third-order valence-electron chi connectivity index (χ3n) is 2.21. The summed E-state index contributed by atoms with van der Waals surface area (Å²) in [7, 11) is -3.04. The molecule has 1 aromatic rings. The Labute approximate surface area is 120 Å². The van der Waals surface area contributed by atoms with Gasteiger partial charge in [0.25, 0.3) is 5.69 Å². The second kappa shape index (κ2) is 7.25. The van der Waals surface area contributed by atoms with Gasteiger partial charge in [0.05, 0.1) is 16.4 Å². The number of benzene rings is 1. The monoisotopic (exact) mass is 318 g/mol. The molecule has 0 heterocycles. The number of sulfone groups is 1. The Balaban J connectivity index is 2.49. The van der Waals surface area contributed by atoms with Crippen molar-refractivity contribution in [2.45, 2.75) is 0 Å². The number of nitro benzene ring substituents is 1. The molecule has 1 rings (SSSR count). The van der Waals surface area contributed by atoms with Gasteiger partial charge in [0.1, 0.15) is 15.5 Å². The third kappa shape index (κ3) is 6.02. The lowest BCUT2D eigenvalue weighted by Gasteiger charge is -2.05. The van der Waals surface area contributed by atoms with E-state index in [-0.39, 0.29) is 22.9 Å². The summed E-state index contributed by atoms with van der Waals surface area (Å²) < 4.78 is 21.8. The lowest BCUT2D eigenvalue weighted by atomic mass is 10.2. The van der Waals surface area contributed by atoms with E-state index in [9.17, 15) is 23.3 Å². The first-order valence-corrected chi connectivity index (χ1v) is 8.80. The summed E-state index contributed by atoms with van der Waals surface area (Å²) in [5.41, 5.74) is -0.0480. The first-order valence-electron chi connectivity index (χ1n) is 5.58. The van der Waals surface area contributed by atoms with Crippen LogP contribution in [0.3, 0.4) is 0 Å². The molecule has 0 aliphatic rings. The maximum absolute atomic E-state index is 11.6. The van der Waals surface area contributed by atoms with Crippen molar-refractivity contribution in [1.82, 2.24) is 0 Å². The molecule has 20 heavy (non-hydrogen) atoms. The molecule has 0 atom stereocenters. The van der Waals surface area contributed by atoms with Gasteiger partial charge in [-0.2, -0.15) is 11.8 Å². The number of rotatable bonds is 7. The quantitative estimate of drug-likeness (QED) is 0.461. The predicted octanol–water partition coefficient (Wildman–Crippen LogP) is 1.31. The van der Waals surface area contributed by atoms with E-state index in [1.54, 1.807) is 6.07 Å². The van der Waals surface area contributed by atoms with E-state index in [0.717, 1.165) is 18.0 Å². The molecule has 1 amide bonds. The first-order chi connectivity index (χ1) is 9.29.